The lowest BCUT2D eigenvalue weighted by Gasteiger charge is -2.41. The fourth-order valence-electron chi connectivity index (χ4n) is 3.03. The Morgan fingerprint density at radius 2 is 1.60 bits per heavy atom. The van der Waals surface area contributed by atoms with E-state index < -0.39 is 5.92 Å². The molecule has 2 bridgehead atoms. The first kappa shape index (κ1) is 11.3. The summed E-state index contributed by atoms with van der Waals surface area (Å²) in [5.74, 6) is -2.40. The zero-order valence-electron chi connectivity index (χ0n) is 9.89. The average molecular weight is 217 g/mol. The van der Waals surface area contributed by atoms with E-state index in [9.17, 15) is 8.78 Å². The summed E-state index contributed by atoms with van der Waals surface area (Å²) in [5, 5.41) is 0. The summed E-state index contributed by atoms with van der Waals surface area (Å²) in [6.45, 7) is 7.50. The number of piperidine rings is 1. The van der Waals surface area contributed by atoms with Gasteiger partial charge in [0.1, 0.15) is 0 Å². The normalized spacial score (nSPS) is 35.8. The molecule has 0 spiro atoms. The minimum Gasteiger partial charge on any atom is -0.296 e. The van der Waals surface area contributed by atoms with Crippen molar-refractivity contribution in [2.75, 3.05) is 6.54 Å². The predicted molar refractivity (Wildman–Crippen MR) is 57.2 cm³/mol. The van der Waals surface area contributed by atoms with Crippen LogP contribution in [0, 0.1) is 5.41 Å². The summed E-state index contributed by atoms with van der Waals surface area (Å²) < 4.78 is 26.6. The van der Waals surface area contributed by atoms with Gasteiger partial charge in [0, 0.05) is 31.5 Å². The van der Waals surface area contributed by atoms with E-state index in [2.05, 4.69) is 25.7 Å². The van der Waals surface area contributed by atoms with Crippen LogP contribution >= 0.6 is 0 Å². The summed E-state index contributed by atoms with van der Waals surface area (Å²) in [6, 6.07) is 0.274. The molecule has 2 aliphatic heterocycles. The highest BCUT2D eigenvalue weighted by molar-refractivity contribution is 4.99. The third kappa shape index (κ3) is 2.49. The second kappa shape index (κ2) is 3.41. The fourth-order valence-corrected chi connectivity index (χ4v) is 3.03. The Morgan fingerprint density at radius 1 is 1.13 bits per heavy atom. The first-order valence-electron chi connectivity index (χ1n) is 5.90. The molecule has 0 aromatic heterocycles. The summed E-state index contributed by atoms with van der Waals surface area (Å²) in [4.78, 5) is 2.33. The molecule has 0 aromatic rings. The molecule has 3 heteroatoms. The van der Waals surface area contributed by atoms with Gasteiger partial charge in [0.05, 0.1) is 0 Å². The molecule has 2 fully saturated rings. The second-order valence-corrected chi connectivity index (χ2v) is 6.38. The Balaban J connectivity index is 2.05. The van der Waals surface area contributed by atoms with E-state index in [1.807, 2.05) is 0 Å². The van der Waals surface area contributed by atoms with Crippen LogP contribution in [-0.2, 0) is 0 Å². The minimum absolute atomic E-state index is 0.0829. The Hall–Kier alpha value is -0.180. The maximum absolute atomic E-state index is 13.3. The summed E-state index contributed by atoms with van der Waals surface area (Å²) in [7, 11) is 0. The van der Waals surface area contributed by atoms with Gasteiger partial charge in [-0.3, -0.25) is 4.90 Å². The molecule has 15 heavy (non-hydrogen) atoms. The SMILES string of the molecule is CC(C)(C)CN1C2CCC1CC(F)(F)C2. The Morgan fingerprint density at radius 3 is 2.00 bits per heavy atom. The molecule has 88 valence electrons. The summed E-state index contributed by atoms with van der Waals surface area (Å²) in [5.41, 5.74) is 0.216. The summed E-state index contributed by atoms with van der Waals surface area (Å²) >= 11 is 0. The topological polar surface area (TPSA) is 3.24 Å². The van der Waals surface area contributed by atoms with E-state index in [4.69, 9.17) is 0 Å². The van der Waals surface area contributed by atoms with E-state index in [1.54, 1.807) is 0 Å². The molecule has 0 aromatic carbocycles. The maximum atomic E-state index is 13.3. The van der Waals surface area contributed by atoms with Crippen LogP contribution in [0.15, 0.2) is 0 Å². The lowest BCUT2D eigenvalue weighted by Crippen LogP contribution is -2.50. The van der Waals surface area contributed by atoms with Crippen molar-refractivity contribution in [3.8, 4) is 0 Å². The third-order valence-electron chi connectivity index (χ3n) is 3.50. The Labute approximate surface area is 90.8 Å². The smallest absolute Gasteiger partial charge is 0.251 e. The van der Waals surface area contributed by atoms with Crippen LogP contribution in [0.1, 0.15) is 46.5 Å². The zero-order valence-corrected chi connectivity index (χ0v) is 9.89. The molecular weight excluding hydrogens is 196 g/mol. The Bertz CT molecular complexity index is 228. The number of alkyl halides is 2. The van der Waals surface area contributed by atoms with Crippen molar-refractivity contribution in [2.45, 2.75) is 64.5 Å². The third-order valence-corrected chi connectivity index (χ3v) is 3.50. The van der Waals surface area contributed by atoms with Crippen molar-refractivity contribution >= 4 is 0 Å². The van der Waals surface area contributed by atoms with Gasteiger partial charge in [0.15, 0.2) is 0 Å². The van der Waals surface area contributed by atoms with E-state index in [-0.39, 0.29) is 30.3 Å². The highest BCUT2D eigenvalue weighted by atomic mass is 19.3. The van der Waals surface area contributed by atoms with Crippen molar-refractivity contribution in [1.29, 1.82) is 0 Å². The van der Waals surface area contributed by atoms with Gasteiger partial charge in [-0.2, -0.15) is 0 Å². The van der Waals surface area contributed by atoms with Gasteiger partial charge >= 0.3 is 0 Å². The molecule has 0 radical (unpaired) electrons. The van der Waals surface area contributed by atoms with Gasteiger partial charge in [-0.05, 0) is 18.3 Å². The molecular formula is C12H21F2N. The second-order valence-electron chi connectivity index (χ2n) is 6.38. The maximum Gasteiger partial charge on any atom is 0.251 e. The van der Waals surface area contributed by atoms with Crippen molar-refractivity contribution < 1.29 is 8.78 Å². The van der Waals surface area contributed by atoms with Crippen LogP contribution in [-0.4, -0.2) is 29.5 Å². The minimum atomic E-state index is -2.40. The van der Waals surface area contributed by atoms with Crippen LogP contribution < -0.4 is 0 Å². The lowest BCUT2D eigenvalue weighted by molar-refractivity contribution is -0.0883. The van der Waals surface area contributed by atoms with Crippen LogP contribution in [0.3, 0.4) is 0 Å². The van der Waals surface area contributed by atoms with Crippen molar-refractivity contribution in [3.63, 3.8) is 0 Å². The van der Waals surface area contributed by atoms with E-state index in [1.165, 1.54) is 0 Å². The number of hydrogen-bond donors (Lipinski definition) is 0. The Kier molecular flexibility index (Phi) is 2.57. The van der Waals surface area contributed by atoms with Gasteiger partial charge < -0.3 is 0 Å². The molecule has 2 atom stereocenters. The monoisotopic (exact) mass is 217 g/mol. The number of halogens is 2. The molecule has 2 rings (SSSR count). The van der Waals surface area contributed by atoms with Crippen LogP contribution in [0.2, 0.25) is 0 Å². The highest BCUT2D eigenvalue weighted by Crippen LogP contribution is 2.44. The van der Waals surface area contributed by atoms with Gasteiger partial charge in [0.25, 0.3) is 5.92 Å². The molecule has 0 N–H and O–H groups in total. The molecule has 0 saturated carbocycles. The number of nitrogens with zero attached hydrogens (tertiary/aromatic N) is 1. The number of fused-ring (bicyclic) bond motifs is 2. The van der Waals surface area contributed by atoms with Gasteiger partial charge in [-0.25, -0.2) is 8.78 Å². The summed E-state index contributed by atoms with van der Waals surface area (Å²) in [6.07, 6.45) is 2.10. The molecule has 1 nitrogen and oxygen atoms in total. The largest absolute Gasteiger partial charge is 0.296 e. The van der Waals surface area contributed by atoms with Gasteiger partial charge in [-0.15, -0.1) is 0 Å². The molecule has 2 unspecified atom stereocenters. The van der Waals surface area contributed by atoms with Crippen molar-refractivity contribution in [1.82, 2.24) is 4.90 Å². The molecule has 0 aliphatic carbocycles. The predicted octanol–water partition coefficient (Wildman–Crippen LogP) is 3.29. The standard InChI is InChI=1S/C12H21F2N/c1-11(2,3)8-15-9-4-5-10(15)7-12(13,14)6-9/h9-10H,4-8H2,1-3H3. The highest BCUT2D eigenvalue weighted by Gasteiger charge is 2.49. The van der Waals surface area contributed by atoms with Crippen molar-refractivity contribution in [2.24, 2.45) is 5.41 Å². The number of rotatable bonds is 1. The molecule has 2 heterocycles. The van der Waals surface area contributed by atoms with Crippen LogP contribution in [0.4, 0.5) is 8.78 Å². The number of hydrogen-bond acceptors (Lipinski definition) is 1. The van der Waals surface area contributed by atoms with E-state index >= 15 is 0 Å². The first-order valence-corrected chi connectivity index (χ1v) is 5.90. The van der Waals surface area contributed by atoms with Crippen LogP contribution in [0.5, 0.6) is 0 Å². The molecule has 2 saturated heterocycles. The van der Waals surface area contributed by atoms with Gasteiger partial charge in [-0.1, -0.05) is 20.8 Å². The zero-order chi connectivity index (χ0) is 11.3. The lowest BCUT2D eigenvalue weighted by atomic mass is 9.91. The fraction of sp³-hybridized carbons (Fsp3) is 1.00. The van der Waals surface area contributed by atoms with E-state index in [0.29, 0.717) is 0 Å². The van der Waals surface area contributed by atoms with Gasteiger partial charge in [0.2, 0.25) is 0 Å². The molecule has 0 amide bonds. The average Bonchev–Trinajstić information content (AvgIpc) is 2.30. The van der Waals surface area contributed by atoms with Crippen molar-refractivity contribution in [3.05, 3.63) is 0 Å². The van der Waals surface area contributed by atoms with E-state index in [0.717, 1.165) is 19.4 Å². The quantitative estimate of drug-likeness (QED) is 0.651. The van der Waals surface area contributed by atoms with Crippen LogP contribution in [0.25, 0.3) is 0 Å². The first-order chi connectivity index (χ1) is 6.77. The molecule has 2 aliphatic rings.